The van der Waals surface area contributed by atoms with Gasteiger partial charge in [-0.2, -0.15) is 0 Å². The SMILES string of the molecule is Cc1cccc(F)c1C(=O)N1CC[C@H]2C[C@@H](C)O[C@@H]2C1. The number of benzene rings is 1. The molecule has 0 aromatic heterocycles. The summed E-state index contributed by atoms with van der Waals surface area (Å²) < 4.78 is 19.8. The van der Waals surface area contributed by atoms with E-state index in [0.717, 1.165) is 12.8 Å². The topological polar surface area (TPSA) is 29.5 Å². The number of piperidine rings is 1. The van der Waals surface area contributed by atoms with Crippen molar-refractivity contribution < 1.29 is 13.9 Å². The van der Waals surface area contributed by atoms with Crippen molar-refractivity contribution in [1.82, 2.24) is 4.90 Å². The molecule has 0 N–H and O–H groups in total. The normalized spacial score (nSPS) is 29.4. The fourth-order valence-corrected chi connectivity index (χ4v) is 3.41. The second-order valence-corrected chi connectivity index (χ2v) is 5.95. The quantitative estimate of drug-likeness (QED) is 0.790. The van der Waals surface area contributed by atoms with E-state index in [4.69, 9.17) is 4.74 Å². The Morgan fingerprint density at radius 2 is 2.25 bits per heavy atom. The molecule has 2 saturated heterocycles. The molecular formula is C16H20FNO2. The third kappa shape index (κ3) is 2.33. The first-order valence-corrected chi connectivity index (χ1v) is 7.26. The molecular weight excluding hydrogens is 257 g/mol. The number of halogens is 1. The Balaban J connectivity index is 1.78. The number of rotatable bonds is 1. The zero-order chi connectivity index (χ0) is 14.3. The predicted molar refractivity (Wildman–Crippen MR) is 74.1 cm³/mol. The molecule has 0 spiro atoms. The lowest BCUT2D eigenvalue weighted by Crippen LogP contribution is -2.45. The van der Waals surface area contributed by atoms with Gasteiger partial charge in [0.05, 0.1) is 17.8 Å². The molecule has 3 rings (SSSR count). The number of ether oxygens (including phenoxy) is 1. The van der Waals surface area contributed by atoms with E-state index in [1.165, 1.54) is 6.07 Å². The molecule has 2 aliphatic rings. The zero-order valence-corrected chi connectivity index (χ0v) is 11.9. The van der Waals surface area contributed by atoms with E-state index in [2.05, 4.69) is 6.92 Å². The molecule has 0 radical (unpaired) electrons. The van der Waals surface area contributed by atoms with Crippen molar-refractivity contribution in [2.45, 2.75) is 38.9 Å². The van der Waals surface area contributed by atoms with Crippen LogP contribution < -0.4 is 0 Å². The van der Waals surface area contributed by atoms with Crippen LogP contribution in [-0.4, -0.2) is 36.1 Å². The molecule has 1 aromatic carbocycles. The summed E-state index contributed by atoms with van der Waals surface area (Å²) >= 11 is 0. The first-order valence-electron chi connectivity index (χ1n) is 7.26. The standard InChI is InChI=1S/C16H20FNO2/c1-10-4-3-5-13(17)15(10)16(19)18-7-6-12-8-11(2)20-14(12)9-18/h3-5,11-12,14H,6-9H2,1-2H3/t11-,12+,14-/m1/s1. The molecule has 20 heavy (non-hydrogen) atoms. The molecule has 4 heteroatoms. The summed E-state index contributed by atoms with van der Waals surface area (Å²) in [6.45, 7) is 5.13. The lowest BCUT2D eigenvalue weighted by Gasteiger charge is -2.34. The number of likely N-dealkylation sites (tertiary alicyclic amines) is 1. The largest absolute Gasteiger partial charge is 0.373 e. The smallest absolute Gasteiger partial charge is 0.257 e. The molecule has 0 saturated carbocycles. The predicted octanol–water partition coefficient (Wildman–Crippen LogP) is 2.77. The second-order valence-electron chi connectivity index (χ2n) is 5.95. The van der Waals surface area contributed by atoms with Gasteiger partial charge in [0.15, 0.2) is 0 Å². The fraction of sp³-hybridized carbons (Fsp3) is 0.562. The number of carbonyl (C=O) groups excluding carboxylic acids is 1. The van der Waals surface area contributed by atoms with Crippen LogP contribution >= 0.6 is 0 Å². The van der Waals surface area contributed by atoms with Gasteiger partial charge < -0.3 is 9.64 Å². The summed E-state index contributed by atoms with van der Waals surface area (Å²) in [5, 5.41) is 0. The number of aryl methyl sites for hydroxylation is 1. The molecule has 1 aromatic rings. The van der Waals surface area contributed by atoms with Crippen molar-refractivity contribution in [2.75, 3.05) is 13.1 Å². The van der Waals surface area contributed by atoms with Crippen LogP contribution in [0, 0.1) is 18.7 Å². The molecule has 2 aliphatic heterocycles. The van der Waals surface area contributed by atoms with Crippen LogP contribution in [0.1, 0.15) is 35.7 Å². The molecule has 2 fully saturated rings. The maximum Gasteiger partial charge on any atom is 0.257 e. The van der Waals surface area contributed by atoms with E-state index in [-0.39, 0.29) is 23.7 Å². The number of hydrogen-bond acceptors (Lipinski definition) is 2. The maximum absolute atomic E-state index is 13.9. The van der Waals surface area contributed by atoms with Gasteiger partial charge in [-0.3, -0.25) is 4.79 Å². The van der Waals surface area contributed by atoms with Crippen LogP contribution in [-0.2, 0) is 4.74 Å². The maximum atomic E-state index is 13.9. The number of nitrogens with zero attached hydrogens (tertiary/aromatic N) is 1. The third-order valence-corrected chi connectivity index (χ3v) is 4.46. The van der Waals surface area contributed by atoms with E-state index >= 15 is 0 Å². The van der Waals surface area contributed by atoms with Crippen molar-refractivity contribution in [3.8, 4) is 0 Å². The molecule has 1 amide bonds. The van der Waals surface area contributed by atoms with E-state index in [1.807, 2.05) is 0 Å². The minimum Gasteiger partial charge on any atom is -0.373 e. The average Bonchev–Trinajstić information content (AvgIpc) is 2.77. The van der Waals surface area contributed by atoms with Crippen LogP contribution in [0.2, 0.25) is 0 Å². The zero-order valence-electron chi connectivity index (χ0n) is 11.9. The van der Waals surface area contributed by atoms with Gasteiger partial charge in [0.25, 0.3) is 5.91 Å². The molecule has 3 atom stereocenters. The van der Waals surface area contributed by atoms with E-state index < -0.39 is 5.82 Å². The van der Waals surface area contributed by atoms with Gasteiger partial charge >= 0.3 is 0 Å². The van der Waals surface area contributed by atoms with Crippen LogP contribution in [0.3, 0.4) is 0 Å². The van der Waals surface area contributed by atoms with Gasteiger partial charge in [0, 0.05) is 13.1 Å². The van der Waals surface area contributed by atoms with Crippen molar-refractivity contribution in [3.05, 3.63) is 35.1 Å². The van der Waals surface area contributed by atoms with E-state index in [1.54, 1.807) is 24.0 Å². The third-order valence-electron chi connectivity index (χ3n) is 4.46. The Labute approximate surface area is 118 Å². The fourth-order valence-electron chi connectivity index (χ4n) is 3.41. The van der Waals surface area contributed by atoms with Crippen LogP contribution in [0.4, 0.5) is 4.39 Å². The lowest BCUT2D eigenvalue weighted by atomic mass is 9.91. The molecule has 2 heterocycles. The first kappa shape index (κ1) is 13.6. The Morgan fingerprint density at radius 1 is 1.45 bits per heavy atom. The molecule has 0 bridgehead atoms. The molecule has 0 unspecified atom stereocenters. The van der Waals surface area contributed by atoms with Crippen LogP contribution in [0.15, 0.2) is 18.2 Å². The van der Waals surface area contributed by atoms with Gasteiger partial charge in [-0.05, 0) is 44.2 Å². The van der Waals surface area contributed by atoms with Gasteiger partial charge in [0.2, 0.25) is 0 Å². The Hall–Kier alpha value is -1.42. The summed E-state index contributed by atoms with van der Waals surface area (Å²) in [5.74, 6) is -0.0872. The van der Waals surface area contributed by atoms with Crippen LogP contribution in [0.5, 0.6) is 0 Å². The monoisotopic (exact) mass is 277 g/mol. The van der Waals surface area contributed by atoms with Crippen LogP contribution in [0.25, 0.3) is 0 Å². The Kier molecular flexibility index (Phi) is 3.50. The first-order chi connectivity index (χ1) is 9.56. The minimum absolute atomic E-state index is 0.120. The van der Waals surface area contributed by atoms with E-state index in [9.17, 15) is 9.18 Å². The summed E-state index contributed by atoms with van der Waals surface area (Å²) in [4.78, 5) is 14.3. The molecule has 0 aliphatic carbocycles. The highest BCUT2D eigenvalue weighted by Gasteiger charge is 2.39. The highest BCUT2D eigenvalue weighted by atomic mass is 19.1. The van der Waals surface area contributed by atoms with Gasteiger partial charge in [-0.1, -0.05) is 12.1 Å². The molecule has 108 valence electrons. The number of amides is 1. The van der Waals surface area contributed by atoms with Crippen molar-refractivity contribution in [1.29, 1.82) is 0 Å². The van der Waals surface area contributed by atoms with Gasteiger partial charge in [-0.25, -0.2) is 4.39 Å². The summed E-state index contributed by atoms with van der Waals surface area (Å²) in [6, 6.07) is 4.76. The summed E-state index contributed by atoms with van der Waals surface area (Å²) in [5.41, 5.74) is 0.898. The van der Waals surface area contributed by atoms with Crippen molar-refractivity contribution in [3.63, 3.8) is 0 Å². The molecule has 3 nitrogen and oxygen atoms in total. The van der Waals surface area contributed by atoms with Crippen molar-refractivity contribution >= 4 is 5.91 Å². The van der Waals surface area contributed by atoms with E-state index in [0.29, 0.717) is 24.6 Å². The highest BCUT2D eigenvalue weighted by Crippen LogP contribution is 2.33. The second kappa shape index (κ2) is 5.17. The number of carbonyl (C=O) groups is 1. The lowest BCUT2D eigenvalue weighted by molar-refractivity contribution is 0.00139. The van der Waals surface area contributed by atoms with Gasteiger partial charge in [-0.15, -0.1) is 0 Å². The highest BCUT2D eigenvalue weighted by molar-refractivity contribution is 5.96. The minimum atomic E-state index is -0.433. The Bertz CT molecular complexity index is 511. The number of hydrogen-bond donors (Lipinski definition) is 0. The van der Waals surface area contributed by atoms with Gasteiger partial charge in [0.1, 0.15) is 5.82 Å². The number of fused-ring (bicyclic) bond motifs is 1. The summed E-state index contributed by atoms with van der Waals surface area (Å²) in [6.07, 6.45) is 2.42. The average molecular weight is 277 g/mol. The Morgan fingerprint density at radius 3 is 3.00 bits per heavy atom. The van der Waals surface area contributed by atoms with Crippen molar-refractivity contribution in [2.24, 2.45) is 5.92 Å². The summed E-state index contributed by atoms with van der Waals surface area (Å²) in [7, 11) is 0.